The van der Waals surface area contributed by atoms with Gasteiger partial charge in [0.25, 0.3) is 0 Å². The van der Waals surface area contributed by atoms with E-state index in [0.717, 1.165) is 29.4 Å². The summed E-state index contributed by atoms with van der Waals surface area (Å²) in [4.78, 5) is 2.41. The van der Waals surface area contributed by atoms with Gasteiger partial charge in [-0.1, -0.05) is 37.9 Å². The molecule has 1 aromatic rings. The summed E-state index contributed by atoms with van der Waals surface area (Å²) in [7, 11) is 0. The van der Waals surface area contributed by atoms with E-state index in [2.05, 4.69) is 30.9 Å². The largest absolute Gasteiger partial charge is 0.370 e. The van der Waals surface area contributed by atoms with Gasteiger partial charge in [0.1, 0.15) is 0 Å². The zero-order chi connectivity index (χ0) is 14.0. The van der Waals surface area contributed by atoms with Gasteiger partial charge in [-0.25, -0.2) is 0 Å². The van der Waals surface area contributed by atoms with Crippen LogP contribution in [0.1, 0.15) is 51.6 Å². The van der Waals surface area contributed by atoms with E-state index in [-0.39, 0.29) is 6.04 Å². The second-order valence-corrected chi connectivity index (χ2v) is 6.56. The van der Waals surface area contributed by atoms with Crippen LogP contribution in [0.4, 0.5) is 5.69 Å². The Hall–Kier alpha value is -0.730. The molecule has 1 saturated heterocycles. The molecule has 0 saturated carbocycles. The number of halogens is 1. The summed E-state index contributed by atoms with van der Waals surface area (Å²) in [6.45, 7) is 8.87. The van der Waals surface area contributed by atoms with Gasteiger partial charge in [-0.05, 0) is 42.9 Å². The molecule has 0 spiro atoms. The first-order valence-electron chi connectivity index (χ1n) is 7.25. The number of anilines is 1. The third-order valence-corrected chi connectivity index (χ3v) is 4.97. The van der Waals surface area contributed by atoms with Crippen LogP contribution in [0.3, 0.4) is 0 Å². The average Bonchev–Trinajstić information content (AvgIpc) is 2.40. The highest BCUT2D eigenvalue weighted by atomic mass is 35.5. The molecule has 0 aromatic heterocycles. The van der Waals surface area contributed by atoms with E-state index in [4.69, 9.17) is 17.3 Å². The zero-order valence-corrected chi connectivity index (χ0v) is 13.0. The van der Waals surface area contributed by atoms with Crippen LogP contribution in [0.15, 0.2) is 18.2 Å². The zero-order valence-electron chi connectivity index (χ0n) is 12.2. The third-order valence-electron chi connectivity index (χ3n) is 4.66. The first-order chi connectivity index (χ1) is 8.95. The molecule has 0 unspecified atom stereocenters. The fourth-order valence-electron chi connectivity index (χ4n) is 2.70. The summed E-state index contributed by atoms with van der Waals surface area (Å²) in [5, 5.41) is 0.829. The van der Waals surface area contributed by atoms with Crippen molar-refractivity contribution in [3.63, 3.8) is 0 Å². The van der Waals surface area contributed by atoms with Crippen molar-refractivity contribution >= 4 is 17.3 Å². The number of hydrogen-bond donors (Lipinski definition) is 1. The number of benzene rings is 1. The van der Waals surface area contributed by atoms with E-state index in [9.17, 15) is 0 Å². The smallest absolute Gasteiger partial charge is 0.0642 e. The fraction of sp³-hybridized carbons (Fsp3) is 0.625. The molecule has 0 radical (unpaired) electrons. The highest BCUT2D eigenvalue weighted by Gasteiger charge is 2.28. The average molecular weight is 281 g/mol. The fourth-order valence-corrected chi connectivity index (χ4v) is 3.01. The lowest BCUT2D eigenvalue weighted by molar-refractivity contribution is 0.238. The van der Waals surface area contributed by atoms with E-state index in [1.165, 1.54) is 19.3 Å². The van der Waals surface area contributed by atoms with E-state index in [1.54, 1.807) is 0 Å². The van der Waals surface area contributed by atoms with Crippen molar-refractivity contribution in [1.82, 2.24) is 0 Å². The molecule has 0 aliphatic carbocycles. The van der Waals surface area contributed by atoms with Crippen LogP contribution >= 0.6 is 11.6 Å². The monoisotopic (exact) mass is 280 g/mol. The first kappa shape index (κ1) is 14.7. The van der Waals surface area contributed by atoms with Crippen LogP contribution in [-0.2, 0) is 0 Å². The number of piperidine rings is 1. The molecule has 0 amide bonds. The maximum absolute atomic E-state index is 6.41. The maximum Gasteiger partial charge on any atom is 0.0642 e. The lowest BCUT2D eigenvalue weighted by Gasteiger charge is -2.40. The Labute approximate surface area is 121 Å². The van der Waals surface area contributed by atoms with E-state index < -0.39 is 0 Å². The summed E-state index contributed by atoms with van der Waals surface area (Å²) in [5.74, 6) is 0. The topological polar surface area (TPSA) is 29.3 Å². The Morgan fingerprint density at radius 3 is 2.47 bits per heavy atom. The minimum Gasteiger partial charge on any atom is -0.370 e. The van der Waals surface area contributed by atoms with Crippen molar-refractivity contribution in [3.8, 4) is 0 Å². The lowest BCUT2D eigenvalue weighted by atomic mass is 9.78. The second kappa shape index (κ2) is 5.72. The Kier molecular flexibility index (Phi) is 4.42. The molecule has 2 nitrogen and oxygen atoms in total. The lowest BCUT2D eigenvalue weighted by Crippen LogP contribution is -2.38. The molecule has 1 aliphatic rings. The minimum atomic E-state index is 0.0382. The predicted octanol–water partition coefficient (Wildman–Crippen LogP) is 4.38. The van der Waals surface area contributed by atoms with Crippen molar-refractivity contribution in [2.24, 2.45) is 11.1 Å². The van der Waals surface area contributed by atoms with Crippen LogP contribution in [0.25, 0.3) is 0 Å². The van der Waals surface area contributed by atoms with Crippen molar-refractivity contribution in [1.29, 1.82) is 0 Å². The molecule has 1 fully saturated rings. The molecule has 1 aliphatic heterocycles. The molecule has 0 bridgehead atoms. The van der Waals surface area contributed by atoms with Gasteiger partial charge in [0, 0.05) is 19.1 Å². The third kappa shape index (κ3) is 3.24. The highest BCUT2D eigenvalue weighted by molar-refractivity contribution is 6.33. The van der Waals surface area contributed by atoms with Gasteiger partial charge >= 0.3 is 0 Å². The van der Waals surface area contributed by atoms with Gasteiger partial charge in [-0.3, -0.25) is 0 Å². The van der Waals surface area contributed by atoms with Gasteiger partial charge < -0.3 is 10.6 Å². The van der Waals surface area contributed by atoms with E-state index >= 15 is 0 Å². The molecule has 19 heavy (non-hydrogen) atoms. The predicted molar refractivity (Wildman–Crippen MR) is 83.9 cm³/mol. The molecular weight excluding hydrogens is 256 g/mol. The van der Waals surface area contributed by atoms with Gasteiger partial charge in [-0.2, -0.15) is 0 Å². The molecule has 2 rings (SSSR count). The normalized spacial score (nSPS) is 20.4. The van der Waals surface area contributed by atoms with Crippen molar-refractivity contribution in [2.45, 2.75) is 46.1 Å². The van der Waals surface area contributed by atoms with Crippen LogP contribution in [0.5, 0.6) is 0 Å². The number of rotatable bonds is 3. The van der Waals surface area contributed by atoms with Crippen molar-refractivity contribution < 1.29 is 0 Å². The van der Waals surface area contributed by atoms with Gasteiger partial charge in [-0.15, -0.1) is 0 Å². The molecule has 3 heteroatoms. The Morgan fingerprint density at radius 1 is 1.37 bits per heavy atom. The van der Waals surface area contributed by atoms with Gasteiger partial charge in [0.2, 0.25) is 0 Å². The summed E-state index contributed by atoms with van der Waals surface area (Å²) >= 11 is 6.41. The Balaban J connectivity index is 2.12. The molecule has 1 atom stereocenters. The quantitative estimate of drug-likeness (QED) is 0.890. The Morgan fingerprint density at radius 2 is 2.00 bits per heavy atom. The summed E-state index contributed by atoms with van der Waals surface area (Å²) < 4.78 is 0. The molecular formula is C16H25ClN2. The van der Waals surface area contributed by atoms with Crippen LogP contribution in [0, 0.1) is 5.41 Å². The van der Waals surface area contributed by atoms with E-state index in [0.29, 0.717) is 5.41 Å². The first-order valence-corrected chi connectivity index (χ1v) is 7.63. The summed E-state index contributed by atoms with van der Waals surface area (Å²) in [6.07, 6.45) is 3.75. The number of hydrogen-bond acceptors (Lipinski definition) is 2. The van der Waals surface area contributed by atoms with Crippen molar-refractivity contribution in [3.05, 3.63) is 28.8 Å². The molecule has 2 N–H and O–H groups in total. The standard InChI is InChI=1S/C16H25ClN2/c1-4-16(3)7-9-19(10-8-16)15-6-5-13(12(2)18)11-14(15)17/h5-6,11-12H,4,7-10,18H2,1-3H3/t12-/m1/s1. The number of nitrogens with zero attached hydrogens (tertiary/aromatic N) is 1. The SMILES string of the molecule is CCC1(C)CCN(c2ccc([C@@H](C)N)cc2Cl)CC1. The maximum atomic E-state index is 6.41. The molecule has 106 valence electrons. The highest BCUT2D eigenvalue weighted by Crippen LogP contribution is 2.37. The number of nitrogens with two attached hydrogens (primary N) is 1. The Bertz CT molecular complexity index is 434. The second-order valence-electron chi connectivity index (χ2n) is 6.15. The summed E-state index contributed by atoms with van der Waals surface area (Å²) in [6, 6.07) is 6.26. The summed E-state index contributed by atoms with van der Waals surface area (Å²) in [5.41, 5.74) is 8.66. The van der Waals surface area contributed by atoms with Crippen LogP contribution < -0.4 is 10.6 Å². The minimum absolute atomic E-state index is 0.0382. The van der Waals surface area contributed by atoms with Crippen LogP contribution in [-0.4, -0.2) is 13.1 Å². The van der Waals surface area contributed by atoms with Crippen molar-refractivity contribution in [2.75, 3.05) is 18.0 Å². The molecule has 1 heterocycles. The van der Waals surface area contributed by atoms with Gasteiger partial charge in [0.05, 0.1) is 10.7 Å². The molecule has 1 aromatic carbocycles. The van der Waals surface area contributed by atoms with Crippen LogP contribution in [0.2, 0.25) is 5.02 Å². The van der Waals surface area contributed by atoms with Gasteiger partial charge in [0.15, 0.2) is 0 Å². The van der Waals surface area contributed by atoms with E-state index in [1.807, 2.05) is 13.0 Å².